The topological polar surface area (TPSA) is 65.8 Å². The zero-order valence-corrected chi connectivity index (χ0v) is 11.2. The third-order valence-corrected chi connectivity index (χ3v) is 3.26. The maximum absolute atomic E-state index is 11.7. The van der Waals surface area contributed by atoms with Crippen molar-refractivity contribution in [3.05, 3.63) is 16.1 Å². The predicted octanol–water partition coefficient (Wildman–Crippen LogP) is 1.91. The van der Waals surface area contributed by atoms with Crippen LogP contribution in [-0.2, 0) is 11.2 Å². The van der Waals surface area contributed by atoms with Gasteiger partial charge in [0.05, 0.1) is 16.8 Å². The van der Waals surface area contributed by atoms with E-state index in [4.69, 9.17) is 5.26 Å². The van der Waals surface area contributed by atoms with E-state index < -0.39 is 5.92 Å². The Bertz CT molecular complexity index is 420. The van der Waals surface area contributed by atoms with E-state index >= 15 is 0 Å². The maximum Gasteiger partial charge on any atom is 0.237 e. The molecule has 5 heteroatoms. The number of nitrogens with one attached hydrogen (secondary N) is 1. The van der Waals surface area contributed by atoms with Crippen molar-refractivity contribution in [3.63, 3.8) is 0 Å². The minimum absolute atomic E-state index is 0.0431. The largest absolute Gasteiger partial charge is 0.355 e. The van der Waals surface area contributed by atoms with Crippen LogP contribution in [0.2, 0.25) is 0 Å². The summed E-state index contributed by atoms with van der Waals surface area (Å²) >= 11 is 1.60. The fourth-order valence-electron chi connectivity index (χ4n) is 1.46. The average molecular weight is 251 g/mol. The number of thiazole rings is 1. The molecule has 1 aromatic rings. The van der Waals surface area contributed by atoms with Gasteiger partial charge in [-0.1, -0.05) is 13.8 Å². The molecule has 4 nitrogen and oxygen atoms in total. The summed E-state index contributed by atoms with van der Waals surface area (Å²) in [7, 11) is 0. The van der Waals surface area contributed by atoms with Crippen molar-refractivity contribution in [3.8, 4) is 6.07 Å². The molecule has 0 spiro atoms. The second-order valence-electron chi connectivity index (χ2n) is 4.25. The lowest BCUT2D eigenvalue weighted by Crippen LogP contribution is -2.34. The van der Waals surface area contributed by atoms with Crippen LogP contribution in [0.5, 0.6) is 0 Å². The average Bonchev–Trinajstić information content (AvgIpc) is 2.64. The molecule has 1 atom stereocenters. The van der Waals surface area contributed by atoms with Gasteiger partial charge in [-0.05, 0) is 12.8 Å². The Morgan fingerprint density at radius 1 is 1.65 bits per heavy atom. The van der Waals surface area contributed by atoms with Gasteiger partial charge < -0.3 is 5.32 Å². The van der Waals surface area contributed by atoms with Gasteiger partial charge in [0.1, 0.15) is 5.92 Å². The minimum atomic E-state index is -0.563. The number of hydrogen-bond donors (Lipinski definition) is 1. The fraction of sp³-hybridized carbons (Fsp3) is 0.583. The highest BCUT2D eigenvalue weighted by atomic mass is 32.1. The molecule has 0 aromatic carbocycles. The number of hydrogen-bond acceptors (Lipinski definition) is 4. The number of nitrogens with zero attached hydrogens (tertiary/aromatic N) is 2. The standard InChI is InChI=1S/C12H17N3OS/c1-8(2)11(6-13)12(16)14-5-4-10-7-17-9(3)15-10/h7-8,11H,4-5H2,1-3H3,(H,14,16). The van der Waals surface area contributed by atoms with Crippen molar-refractivity contribution in [2.45, 2.75) is 27.2 Å². The lowest BCUT2D eigenvalue weighted by molar-refractivity contribution is -0.124. The van der Waals surface area contributed by atoms with Gasteiger partial charge in [-0.15, -0.1) is 11.3 Å². The van der Waals surface area contributed by atoms with Gasteiger partial charge in [0.15, 0.2) is 0 Å². The van der Waals surface area contributed by atoms with E-state index in [9.17, 15) is 4.79 Å². The predicted molar refractivity (Wildman–Crippen MR) is 67.5 cm³/mol. The Balaban J connectivity index is 2.36. The summed E-state index contributed by atoms with van der Waals surface area (Å²) in [5.41, 5.74) is 0.992. The highest BCUT2D eigenvalue weighted by Crippen LogP contribution is 2.10. The molecule has 1 unspecified atom stereocenters. The molecule has 92 valence electrons. The molecule has 0 fully saturated rings. The third-order valence-electron chi connectivity index (χ3n) is 2.44. The number of carbonyl (C=O) groups is 1. The number of carbonyl (C=O) groups excluding carboxylic acids is 1. The fourth-order valence-corrected chi connectivity index (χ4v) is 2.10. The Morgan fingerprint density at radius 3 is 2.82 bits per heavy atom. The van der Waals surface area contributed by atoms with Crippen LogP contribution in [-0.4, -0.2) is 17.4 Å². The van der Waals surface area contributed by atoms with E-state index in [1.165, 1.54) is 0 Å². The van der Waals surface area contributed by atoms with E-state index in [1.54, 1.807) is 11.3 Å². The van der Waals surface area contributed by atoms with Crippen LogP contribution < -0.4 is 5.32 Å². The highest BCUT2D eigenvalue weighted by Gasteiger charge is 2.20. The molecule has 0 saturated carbocycles. The summed E-state index contributed by atoms with van der Waals surface area (Å²) < 4.78 is 0. The molecule has 1 aromatic heterocycles. The Hall–Kier alpha value is -1.41. The molecule has 0 aliphatic heterocycles. The Kier molecular flexibility index (Phi) is 5.11. The van der Waals surface area contributed by atoms with Crippen LogP contribution in [0.25, 0.3) is 0 Å². The molecule has 17 heavy (non-hydrogen) atoms. The molecule has 0 aliphatic carbocycles. The highest BCUT2D eigenvalue weighted by molar-refractivity contribution is 7.09. The van der Waals surface area contributed by atoms with E-state index in [0.717, 1.165) is 10.7 Å². The van der Waals surface area contributed by atoms with Crippen molar-refractivity contribution in [1.29, 1.82) is 5.26 Å². The van der Waals surface area contributed by atoms with E-state index in [2.05, 4.69) is 10.3 Å². The summed E-state index contributed by atoms with van der Waals surface area (Å²) in [6, 6.07) is 2.03. The van der Waals surface area contributed by atoms with E-state index in [0.29, 0.717) is 13.0 Å². The summed E-state index contributed by atoms with van der Waals surface area (Å²) in [5.74, 6) is -0.705. The Morgan fingerprint density at radius 2 is 2.35 bits per heavy atom. The van der Waals surface area contributed by atoms with Crippen molar-refractivity contribution in [2.75, 3.05) is 6.54 Å². The van der Waals surface area contributed by atoms with Crippen LogP contribution in [0.15, 0.2) is 5.38 Å². The van der Waals surface area contributed by atoms with Gasteiger partial charge in [-0.25, -0.2) is 4.98 Å². The molecule has 1 rings (SSSR count). The smallest absolute Gasteiger partial charge is 0.237 e. The zero-order valence-electron chi connectivity index (χ0n) is 10.4. The Labute approximate surface area is 106 Å². The van der Waals surface area contributed by atoms with Gasteiger partial charge >= 0.3 is 0 Å². The summed E-state index contributed by atoms with van der Waals surface area (Å²) in [4.78, 5) is 16.0. The van der Waals surface area contributed by atoms with Gasteiger partial charge in [-0.3, -0.25) is 4.79 Å². The van der Waals surface area contributed by atoms with Gasteiger partial charge in [0.25, 0.3) is 0 Å². The number of nitriles is 1. The lowest BCUT2D eigenvalue weighted by atomic mass is 9.97. The van der Waals surface area contributed by atoms with Gasteiger partial charge in [0.2, 0.25) is 5.91 Å². The first-order chi connectivity index (χ1) is 8.04. The summed E-state index contributed by atoms with van der Waals surface area (Å²) in [5, 5.41) is 14.7. The van der Waals surface area contributed by atoms with Crippen molar-refractivity contribution in [2.24, 2.45) is 11.8 Å². The summed E-state index contributed by atoms with van der Waals surface area (Å²) in [6.45, 7) is 6.23. The molecule has 0 saturated heterocycles. The second kappa shape index (κ2) is 6.36. The molecular weight excluding hydrogens is 234 g/mol. The number of amides is 1. The van der Waals surface area contributed by atoms with Crippen molar-refractivity contribution >= 4 is 17.2 Å². The molecular formula is C12H17N3OS. The monoisotopic (exact) mass is 251 g/mol. The number of rotatable bonds is 5. The molecule has 1 amide bonds. The second-order valence-corrected chi connectivity index (χ2v) is 5.31. The number of aryl methyl sites for hydroxylation is 1. The van der Waals surface area contributed by atoms with Crippen LogP contribution in [0.1, 0.15) is 24.5 Å². The van der Waals surface area contributed by atoms with Crippen LogP contribution in [0.4, 0.5) is 0 Å². The van der Waals surface area contributed by atoms with Gasteiger partial charge in [0, 0.05) is 18.3 Å². The molecule has 1 N–H and O–H groups in total. The first-order valence-electron chi connectivity index (χ1n) is 5.63. The van der Waals surface area contributed by atoms with E-state index in [-0.39, 0.29) is 11.8 Å². The lowest BCUT2D eigenvalue weighted by Gasteiger charge is -2.12. The third kappa shape index (κ3) is 4.16. The van der Waals surface area contributed by atoms with Crippen LogP contribution in [0.3, 0.4) is 0 Å². The molecule has 0 radical (unpaired) electrons. The van der Waals surface area contributed by atoms with Crippen LogP contribution in [0, 0.1) is 30.1 Å². The molecule has 0 aliphatic rings. The number of aromatic nitrogens is 1. The van der Waals surface area contributed by atoms with Crippen LogP contribution >= 0.6 is 11.3 Å². The quantitative estimate of drug-likeness (QED) is 0.869. The zero-order chi connectivity index (χ0) is 12.8. The minimum Gasteiger partial charge on any atom is -0.355 e. The molecule has 1 heterocycles. The maximum atomic E-state index is 11.7. The normalized spacial score (nSPS) is 12.2. The molecule has 0 bridgehead atoms. The first-order valence-corrected chi connectivity index (χ1v) is 6.51. The van der Waals surface area contributed by atoms with Gasteiger partial charge in [-0.2, -0.15) is 5.26 Å². The van der Waals surface area contributed by atoms with Crippen molar-refractivity contribution in [1.82, 2.24) is 10.3 Å². The SMILES string of the molecule is Cc1nc(CCNC(=O)C(C#N)C(C)C)cs1. The van der Waals surface area contributed by atoms with E-state index in [1.807, 2.05) is 32.2 Å². The first kappa shape index (κ1) is 13.7. The summed E-state index contributed by atoms with van der Waals surface area (Å²) in [6.07, 6.45) is 0.715. The van der Waals surface area contributed by atoms with Crippen molar-refractivity contribution < 1.29 is 4.79 Å².